The quantitative estimate of drug-likeness (QED) is 0.633. The molecule has 1 heterocycles. The first-order valence-electron chi connectivity index (χ1n) is 7.22. The lowest BCUT2D eigenvalue weighted by atomic mass is 9.71. The van der Waals surface area contributed by atoms with Crippen molar-refractivity contribution in [2.75, 3.05) is 0 Å². The van der Waals surface area contributed by atoms with Gasteiger partial charge in [0.1, 0.15) is 0 Å². The number of rotatable bonds is 2. The Morgan fingerprint density at radius 1 is 1.30 bits per heavy atom. The highest BCUT2D eigenvalue weighted by Crippen LogP contribution is 2.44. The lowest BCUT2D eigenvalue weighted by molar-refractivity contribution is -0.384. The molecule has 0 unspecified atom stereocenters. The van der Waals surface area contributed by atoms with Gasteiger partial charge >= 0.3 is 0 Å². The minimum absolute atomic E-state index is 0.175. The molecule has 2 aromatic rings. The number of hydrogen-bond donors (Lipinski definition) is 1. The van der Waals surface area contributed by atoms with Gasteiger partial charge in [-0.2, -0.15) is 0 Å². The van der Waals surface area contributed by atoms with E-state index in [2.05, 4.69) is 18.8 Å². The molecule has 0 radical (unpaired) electrons. The van der Waals surface area contributed by atoms with Crippen molar-refractivity contribution >= 4 is 16.6 Å². The molecule has 3 rings (SSSR count). The number of fused-ring (bicyclic) bond motifs is 1. The van der Waals surface area contributed by atoms with Gasteiger partial charge in [-0.25, -0.2) is 0 Å². The van der Waals surface area contributed by atoms with E-state index in [1.807, 2.05) is 12.3 Å². The SMILES string of the molecule is CC1(C)CCC(c2c[nH]c3ccc([N+](=O)[O-])cc23)CC1. The molecule has 20 heavy (non-hydrogen) atoms. The lowest BCUT2D eigenvalue weighted by Crippen LogP contribution is -2.20. The van der Waals surface area contributed by atoms with Gasteiger partial charge in [-0.15, -0.1) is 0 Å². The number of nitro groups is 1. The highest BCUT2D eigenvalue weighted by Gasteiger charge is 2.29. The fourth-order valence-electron chi connectivity index (χ4n) is 3.29. The van der Waals surface area contributed by atoms with Gasteiger partial charge in [0.2, 0.25) is 0 Å². The number of H-pyrrole nitrogens is 1. The van der Waals surface area contributed by atoms with Crippen LogP contribution in [0.2, 0.25) is 0 Å². The average molecular weight is 272 g/mol. The first-order valence-corrected chi connectivity index (χ1v) is 7.22. The zero-order valence-electron chi connectivity index (χ0n) is 12.0. The normalized spacial score (nSPS) is 19.3. The van der Waals surface area contributed by atoms with E-state index in [0.29, 0.717) is 11.3 Å². The van der Waals surface area contributed by atoms with Gasteiger partial charge in [-0.05, 0) is 48.6 Å². The number of nitrogens with zero attached hydrogens (tertiary/aromatic N) is 1. The molecule has 4 nitrogen and oxygen atoms in total. The lowest BCUT2D eigenvalue weighted by Gasteiger charge is -2.34. The van der Waals surface area contributed by atoms with E-state index >= 15 is 0 Å². The summed E-state index contributed by atoms with van der Waals surface area (Å²) in [7, 11) is 0. The summed E-state index contributed by atoms with van der Waals surface area (Å²) >= 11 is 0. The molecule has 0 saturated heterocycles. The molecular formula is C16H20N2O2. The molecule has 0 bridgehead atoms. The standard InChI is InChI=1S/C16H20N2O2/c1-16(2)7-5-11(6-8-16)14-10-17-15-4-3-12(18(19)20)9-13(14)15/h3-4,9-11,17H,5-8H2,1-2H3. The number of aromatic amines is 1. The number of nitro benzene ring substituents is 1. The Bertz CT molecular complexity index is 648. The highest BCUT2D eigenvalue weighted by atomic mass is 16.6. The van der Waals surface area contributed by atoms with Gasteiger partial charge in [0.05, 0.1) is 4.92 Å². The predicted octanol–water partition coefficient (Wildman–Crippen LogP) is 4.76. The zero-order chi connectivity index (χ0) is 14.3. The maximum absolute atomic E-state index is 10.9. The Morgan fingerprint density at radius 2 is 2.00 bits per heavy atom. The summed E-state index contributed by atoms with van der Waals surface area (Å²) in [5, 5.41) is 12.0. The van der Waals surface area contributed by atoms with Gasteiger partial charge < -0.3 is 4.98 Å². The first kappa shape index (κ1) is 13.2. The number of aromatic nitrogens is 1. The van der Waals surface area contributed by atoms with Crippen molar-refractivity contribution in [1.29, 1.82) is 0 Å². The minimum Gasteiger partial charge on any atom is -0.361 e. The molecule has 1 aliphatic rings. The molecule has 1 saturated carbocycles. The topological polar surface area (TPSA) is 58.9 Å². The summed E-state index contributed by atoms with van der Waals surface area (Å²) in [6.45, 7) is 4.65. The van der Waals surface area contributed by atoms with Crippen molar-refractivity contribution in [3.8, 4) is 0 Å². The number of nitrogens with one attached hydrogen (secondary N) is 1. The summed E-state index contributed by atoms with van der Waals surface area (Å²) in [4.78, 5) is 13.9. The van der Waals surface area contributed by atoms with Crippen molar-refractivity contribution in [3.63, 3.8) is 0 Å². The summed E-state index contributed by atoms with van der Waals surface area (Å²) in [5.74, 6) is 0.527. The molecule has 4 heteroatoms. The second-order valence-corrected chi connectivity index (χ2v) is 6.67. The molecule has 1 aliphatic carbocycles. The molecule has 0 aliphatic heterocycles. The van der Waals surface area contributed by atoms with Gasteiger partial charge in [0.25, 0.3) is 5.69 Å². The van der Waals surface area contributed by atoms with E-state index in [1.54, 1.807) is 12.1 Å². The van der Waals surface area contributed by atoms with Gasteiger partial charge in [0, 0.05) is 29.2 Å². The van der Waals surface area contributed by atoms with Crippen LogP contribution in [0.5, 0.6) is 0 Å². The van der Waals surface area contributed by atoms with E-state index in [4.69, 9.17) is 0 Å². The van der Waals surface area contributed by atoms with Gasteiger partial charge in [0.15, 0.2) is 0 Å². The van der Waals surface area contributed by atoms with Crippen LogP contribution in [0.4, 0.5) is 5.69 Å². The Kier molecular flexibility index (Phi) is 3.04. The van der Waals surface area contributed by atoms with E-state index in [9.17, 15) is 10.1 Å². The first-order chi connectivity index (χ1) is 9.46. The number of benzene rings is 1. The van der Waals surface area contributed by atoms with Crippen LogP contribution in [0, 0.1) is 15.5 Å². The summed E-state index contributed by atoms with van der Waals surface area (Å²) in [6, 6.07) is 5.08. The highest BCUT2D eigenvalue weighted by molar-refractivity contribution is 5.85. The average Bonchev–Trinajstić information content (AvgIpc) is 2.81. The molecule has 1 aromatic carbocycles. The second kappa shape index (κ2) is 4.62. The van der Waals surface area contributed by atoms with Crippen LogP contribution >= 0.6 is 0 Å². The van der Waals surface area contributed by atoms with Gasteiger partial charge in [-0.3, -0.25) is 10.1 Å². The van der Waals surface area contributed by atoms with E-state index in [1.165, 1.54) is 31.2 Å². The molecule has 0 spiro atoms. The van der Waals surface area contributed by atoms with Gasteiger partial charge in [-0.1, -0.05) is 13.8 Å². The van der Waals surface area contributed by atoms with Crippen LogP contribution in [0.15, 0.2) is 24.4 Å². The van der Waals surface area contributed by atoms with Crippen LogP contribution < -0.4 is 0 Å². The van der Waals surface area contributed by atoms with E-state index in [0.717, 1.165) is 10.9 Å². The second-order valence-electron chi connectivity index (χ2n) is 6.67. The van der Waals surface area contributed by atoms with Crippen molar-refractivity contribution in [2.24, 2.45) is 5.41 Å². The Morgan fingerprint density at radius 3 is 2.65 bits per heavy atom. The molecule has 1 fully saturated rings. The van der Waals surface area contributed by atoms with Crippen LogP contribution in [-0.4, -0.2) is 9.91 Å². The molecule has 106 valence electrons. The molecular weight excluding hydrogens is 252 g/mol. The third-order valence-electron chi connectivity index (χ3n) is 4.69. The summed E-state index contributed by atoms with van der Waals surface area (Å²) < 4.78 is 0. The van der Waals surface area contributed by atoms with E-state index < -0.39 is 0 Å². The van der Waals surface area contributed by atoms with Crippen LogP contribution in [-0.2, 0) is 0 Å². The summed E-state index contributed by atoms with van der Waals surface area (Å²) in [6.07, 6.45) is 6.82. The molecule has 0 atom stereocenters. The maximum Gasteiger partial charge on any atom is 0.270 e. The van der Waals surface area contributed by atoms with Crippen molar-refractivity contribution in [2.45, 2.75) is 45.4 Å². The Balaban J connectivity index is 1.96. The minimum atomic E-state index is -0.319. The predicted molar refractivity (Wildman–Crippen MR) is 79.9 cm³/mol. The van der Waals surface area contributed by atoms with Crippen LogP contribution in [0.3, 0.4) is 0 Å². The molecule has 0 amide bonds. The smallest absolute Gasteiger partial charge is 0.270 e. The maximum atomic E-state index is 10.9. The molecule has 1 N–H and O–H groups in total. The van der Waals surface area contributed by atoms with Crippen molar-refractivity contribution < 1.29 is 4.92 Å². The van der Waals surface area contributed by atoms with Crippen molar-refractivity contribution in [1.82, 2.24) is 4.98 Å². The largest absolute Gasteiger partial charge is 0.361 e. The van der Waals surface area contributed by atoms with Crippen molar-refractivity contribution in [3.05, 3.63) is 40.1 Å². The zero-order valence-corrected chi connectivity index (χ0v) is 12.0. The number of non-ortho nitro benzene ring substituents is 1. The molecule has 1 aromatic heterocycles. The van der Waals surface area contributed by atoms with E-state index in [-0.39, 0.29) is 10.6 Å². The third-order valence-corrected chi connectivity index (χ3v) is 4.69. The third kappa shape index (κ3) is 2.30. The fourth-order valence-corrected chi connectivity index (χ4v) is 3.29. The summed E-state index contributed by atoms with van der Waals surface area (Å²) in [5.41, 5.74) is 2.86. The van der Waals surface area contributed by atoms with Crippen LogP contribution in [0.25, 0.3) is 10.9 Å². The Labute approximate surface area is 118 Å². The fraction of sp³-hybridized carbons (Fsp3) is 0.500. The Hall–Kier alpha value is -1.84. The van der Waals surface area contributed by atoms with Crippen LogP contribution in [0.1, 0.15) is 51.0 Å². The number of hydrogen-bond acceptors (Lipinski definition) is 2. The monoisotopic (exact) mass is 272 g/mol.